The molecule has 1 N–H and O–H groups in total. The lowest BCUT2D eigenvalue weighted by Gasteiger charge is -2.29. The number of rotatable bonds is 3. The van der Waals surface area contributed by atoms with E-state index in [2.05, 4.69) is 0 Å². The Labute approximate surface area is 105 Å². The molecule has 0 spiro atoms. The number of hydrogen-bond acceptors (Lipinski definition) is 3. The number of carbonyl (C=O) groups excluding carboxylic acids is 1. The largest absolute Gasteiger partial charge is 0.387 e. The molecule has 0 aromatic heterocycles. The monoisotopic (exact) mass is 246 g/mol. The molecule has 2 atom stereocenters. The molecule has 0 saturated heterocycles. The Morgan fingerprint density at radius 3 is 2.59 bits per heavy atom. The van der Waals surface area contributed by atoms with Crippen LogP contribution in [0.15, 0.2) is 48.6 Å². The minimum absolute atomic E-state index is 0.782. The Morgan fingerprint density at radius 1 is 1.35 bits per heavy atom. The summed E-state index contributed by atoms with van der Waals surface area (Å²) >= 11 is 1.35. The zero-order chi connectivity index (χ0) is 12.3. The number of benzene rings is 1. The van der Waals surface area contributed by atoms with Crippen LogP contribution in [0.1, 0.15) is 5.56 Å². The van der Waals surface area contributed by atoms with E-state index in [1.54, 1.807) is 12.2 Å². The first-order valence-electron chi connectivity index (χ1n) is 5.38. The molecule has 2 unspecified atom stereocenters. The van der Waals surface area contributed by atoms with Crippen molar-refractivity contribution in [3.05, 3.63) is 54.1 Å². The molecule has 0 aliphatic heterocycles. The molecular formula is C14H14O2S. The highest BCUT2D eigenvalue weighted by atomic mass is 32.2. The second kappa shape index (κ2) is 4.90. The number of allylic oxidation sites excluding steroid dienone is 2. The van der Waals surface area contributed by atoms with E-state index >= 15 is 0 Å². The van der Waals surface area contributed by atoms with Crippen molar-refractivity contribution in [3.8, 4) is 0 Å². The third-order valence-corrected chi connectivity index (χ3v) is 4.15. The number of aliphatic hydroxyl groups is 1. The summed E-state index contributed by atoms with van der Waals surface area (Å²) in [5.74, 6) is 0. The maximum Gasteiger partial charge on any atom is 0.142 e. The molecule has 2 nitrogen and oxygen atoms in total. The molecule has 0 bridgehead atoms. The average Bonchev–Trinajstić information content (AvgIpc) is 2.40. The molecule has 2 rings (SSSR count). The second-order valence-corrected chi connectivity index (χ2v) is 5.06. The fourth-order valence-electron chi connectivity index (χ4n) is 1.84. The van der Waals surface area contributed by atoms with Crippen LogP contribution < -0.4 is 0 Å². The minimum atomic E-state index is -0.835. The van der Waals surface area contributed by atoms with Crippen molar-refractivity contribution in [2.75, 3.05) is 6.26 Å². The van der Waals surface area contributed by atoms with Crippen LogP contribution in [0.25, 0.3) is 5.57 Å². The molecule has 88 valence electrons. The van der Waals surface area contributed by atoms with Gasteiger partial charge in [-0.3, -0.25) is 0 Å². The Morgan fingerprint density at radius 2 is 2.06 bits per heavy atom. The summed E-state index contributed by atoms with van der Waals surface area (Å²) in [5.41, 5.74) is 1.99. The molecule has 1 aromatic carbocycles. The van der Waals surface area contributed by atoms with Gasteiger partial charge in [0.15, 0.2) is 0 Å². The standard InChI is InChI=1S/C14H14O2S/c1-17-14(10-15)8-7-12(9-13(14)16)11-5-3-2-4-6-11/h2-10,13,16H,1H3. The van der Waals surface area contributed by atoms with E-state index in [1.807, 2.05) is 42.7 Å². The van der Waals surface area contributed by atoms with Gasteiger partial charge in [0.25, 0.3) is 0 Å². The van der Waals surface area contributed by atoms with E-state index in [0.29, 0.717) is 0 Å². The van der Waals surface area contributed by atoms with Crippen molar-refractivity contribution in [1.82, 2.24) is 0 Å². The lowest BCUT2D eigenvalue weighted by atomic mass is 9.91. The average molecular weight is 246 g/mol. The lowest BCUT2D eigenvalue weighted by molar-refractivity contribution is -0.110. The number of carbonyl (C=O) groups is 1. The van der Waals surface area contributed by atoms with Crippen LogP contribution in [0.4, 0.5) is 0 Å². The Balaban J connectivity index is 2.33. The second-order valence-electron chi connectivity index (χ2n) is 3.94. The number of aldehydes is 1. The van der Waals surface area contributed by atoms with Crippen LogP contribution in [0.2, 0.25) is 0 Å². The van der Waals surface area contributed by atoms with Gasteiger partial charge >= 0.3 is 0 Å². The number of hydrogen-bond donors (Lipinski definition) is 1. The molecule has 0 fully saturated rings. The van der Waals surface area contributed by atoms with Gasteiger partial charge in [-0.1, -0.05) is 42.5 Å². The molecule has 0 heterocycles. The predicted molar refractivity (Wildman–Crippen MR) is 71.9 cm³/mol. The van der Waals surface area contributed by atoms with Crippen LogP contribution in [0.5, 0.6) is 0 Å². The van der Waals surface area contributed by atoms with Crippen molar-refractivity contribution in [3.63, 3.8) is 0 Å². The summed E-state index contributed by atoms with van der Waals surface area (Å²) in [5, 5.41) is 10.1. The first-order valence-corrected chi connectivity index (χ1v) is 6.60. The molecule has 1 aromatic rings. The van der Waals surface area contributed by atoms with Crippen molar-refractivity contribution >= 4 is 23.6 Å². The van der Waals surface area contributed by atoms with E-state index < -0.39 is 10.9 Å². The van der Waals surface area contributed by atoms with Crippen LogP contribution in [-0.2, 0) is 4.79 Å². The van der Waals surface area contributed by atoms with E-state index in [0.717, 1.165) is 17.4 Å². The number of thioether (sulfide) groups is 1. The highest BCUT2D eigenvalue weighted by Gasteiger charge is 2.35. The number of aliphatic hydroxyl groups excluding tert-OH is 1. The molecule has 17 heavy (non-hydrogen) atoms. The third kappa shape index (κ3) is 2.21. The fourth-order valence-corrected chi connectivity index (χ4v) is 2.45. The maximum atomic E-state index is 11.1. The van der Waals surface area contributed by atoms with Gasteiger partial charge in [0.1, 0.15) is 11.0 Å². The summed E-state index contributed by atoms with van der Waals surface area (Å²) < 4.78 is -0.835. The summed E-state index contributed by atoms with van der Waals surface area (Å²) in [6.45, 7) is 0. The zero-order valence-corrected chi connectivity index (χ0v) is 10.4. The van der Waals surface area contributed by atoms with Crippen LogP contribution in [-0.4, -0.2) is 28.5 Å². The molecular weight excluding hydrogens is 232 g/mol. The van der Waals surface area contributed by atoms with Gasteiger partial charge in [0.05, 0.1) is 6.10 Å². The van der Waals surface area contributed by atoms with Gasteiger partial charge in [-0.05, 0) is 23.5 Å². The summed E-state index contributed by atoms with van der Waals surface area (Å²) in [6, 6.07) is 9.81. The Kier molecular flexibility index (Phi) is 3.50. The van der Waals surface area contributed by atoms with Crippen LogP contribution in [0.3, 0.4) is 0 Å². The Hall–Kier alpha value is -1.32. The first-order chi connectivity index (χ1) is 8.22. The van der Waals surface area contributed by atoms with E-state index in [9.17, 15) is 9.90 Å². The maximum absolute atomic E-state index is 11.1. The van der Waals surface area contributed by atoms with E-state index in [1.165, 1.54) is 11.8 Å². The predicted octanol–water partition coefficient (Wildman–Crippen LogP) is 2.30. The fraction of sp³-hybridized carbons (Fsp3) is 0.214. The van der Waals surface area contributed by atoms with Crippen LogP contribution >= 0.6 is 11.8 Å². The molecule has 0 saturated carbocycles. The van der Waals surface area contributed by atoms with Gasteiger partial charge in [-0.25, -0.2) is 0 Å². The highest BCUT2D eigenvalue weighted by Crippen LogP contribution is 2.34. The first kappa shape index (κ1) is 12.1. The van der Waals surface area contributed by atoms with E-state index in [-0.39, 0.29) is 0 Å². The minimum Gasteiger partial charge on any atom is -0.387 e. The Bertz CT molecular complexity index is 464. The SMILES string of the molecule is CSC1(C=O)C=CC(c2ccccc2)=CC1O. The molecule has 0 amide bonds. The van der Waals surface area contributed by atoms with Gasteiger partial charge < -0.3 is 9.90 Å². The summed E-state index contributed by atoms with van der Waals surface area (Å²) in [7, 11) is 0. The topological polar surface area (TPSA) is 37.3 Å². The normalized spacial score (nSPS) is 27.6. The smallest absolute Gasteiger partial charge is 0.142 e. The van der Waals surface area contributed by atoms with Crippen molar-refractivity contribution < 1.29 is 9.90 Å². The van der Waals surface area contributed by atoms with Crippen molar-refractivity contribution in [1.29, 1.82) is 0 Å². The van der Waals surface area contributed by atoms with E-state index in [4.69, 9.17) is 0 Å². The van der Waals surface area contributed by atoms with Crippen molar-refractivity contribution in [2.24, 2.45) is 0 Å². The quantitative estimate of drug-likeness (QED) is 0.832. The zero-order valence-electron chi connectivity index (χ0n) is 9.54. The van der Waals surface area contributed by atoms with Gasteiger partial charge in [-0.15, -0.1) is 11.8 Å². The third-order valence-electron chi connectivity index (χ3n) is 2.97. The molecule has 1 aliphatic rings. The highest BCUT2D eigenvalue weighted by molar-refractivity contribution is 8.00. The van der Waals surface area contributed by atoms with Gasteiger partial charge in [0.2, 0.25) is 0 Å². The van der Waals surface area contributed by atoms with Crippen molar-refractivity contribution in [2.45, 2.75) is 10.9 Å². The summed E-state index contributed by atoms with van der Waals surface area (Å²) in [6.07, 6.45) is 7.25. The molecule has 3 heteroatoms. The van der Waals surface area contributed by atoms with Gasteiger partial charge in [-0.2, -0.15) is 0 Å². The van der Waals surface area contributed by atoms with Crippen LogP contribution in [0, 0.1) is 0 Å². The molecule has 0 radical (unpaired) electrons. The molecule has 1 aliphatic carbocycles. The summed E-state index contributed by atoms with van der Waals surface area (Å²) in [4.78, 5) is 11.1. The van der Waals surface area contributed by atoms with Gasteiger partial charge in [0, 0.05) is 0 Å². The lowest BCUT2D eigenvalue weighted by Crippen LogP contribution is -2.39.